The monoisotopic (exact) mass is 546 g/mol. The van der Waals surface area contributed by atoms with E-state index in [4.69, 9.17) is 0 Å². The van der Waals surface area contributed by atoms with Gasteiger partial charge in [-0.1, -0.05) is 24.3 Å². The molecule has 2 aromatic carbocycles. The Morgan fingerprint density at radius 3 is 1.95 bits per heavy atom. The van der Waals surface area contributed by atoms with Crippen LogP contribution in [-0.4, -0.2) is 6.36 Å². The predicted octanol–water partition coefficient (Wildman–Crippen LogP) is 9.17. The van der Waals surface area contributed by atoms with E-state index in [-0.39, 0.29) is 18.1 Å². The van der Waals surface area contributed by atoms with Crippen LogP contribution in [0.3, 0.4) is 0 Å². The van der Waals surface area contributed by atoms with Crippen LogP contribution in [-0.2, 0) is 6.11 Å². The summed E-state index contributed by atoms with van der Waals surface area (Å²) >= 11 is 0. The fourth-order valence-corrected chi connectivity index (χ4v) is 5.37. The van der Waals surface area contributed by atoms with Crippen molar-refractivity contribution >= 4 is 0 Å². The Balaban J connectivity index is 1.42. The van der Waals surface area contributed by atoms with Crippen LogP contribution in [0.1, 0.15) is 55.6 Å². The van der Waals surface area contributed by atoms with Gasteiger partial charge in [0.1, 0.15) is 11.6 Å². The van der Waals surface area contributed by atoms with Gasteiger partial charge in [0.2, 0.25) is 5.75 Å². The summed E-state index contributed by atoms with van der Waals surface area (Å²) < 4.78 is 116. The molecular weight excluding hydrogens is 520 g/mol. The minimum absolute atomic E-state index is 0.00204. The Labute approximate surface area is 214 Å². The van der Waals surface area contributed by atoms with Gasteiger partial charge in [-0.3, -0.25) is 0 Å². The zero-order valence-corrected chi connectivity index (χ0v) is 20.2. The largest absolute Gasteiger partial charge is 0.573 e. The highest BCUT2D eigenvalue weighted by molar-refractivity contribution is 5.36. The van der Waals surface area contributed by atoms with Gasteiger partial charge in [0.25, 0.3) is 0 Å². The average molecular weight is 546 g/mol. The topological polar surface area (TPSA) is 18.5 Å². The average Bonchev–Trinajstić information content (AvgIpc) is 2.85. The van der Waals surface area contributed by atoms with E-state index in [1.54, 1.807) is 0 Å². The Morgan fingerprint density at radius 1 is 0.763 bits per heavy atom. The first-order valence-electron chi connectivity index (χ1n) is 12.3. The molecular formula is C28H26F8O2. The summed E-state index contributed by atoms with van der Waals surface area (Å²) in [6, 6.07) is 3.43. The van der Waals surface area contributed by atoms with E-state index in [0.717, 1.165) is 50.7 Å². The number of alkyl halides is 5. The third-order valence-electron chi connectivity index (χ3n) is 7.33. The minimum Gasteiger partial charge on any atom is -0.429 e. The second-order valence-electron chi connectivity index (χ2n) is 9.76. The third-order valence-corrected chi connectivity index (χ3v) is 7.33. The Bertz CT molecular complexity index is 1160. The molecule has 4 rings (SSSR count). The maximum atomic E-state index is 14.8. The van der Waals surface area contributed by atoms with Crippen molar-refractivity contribution in [1.29, 1.82) is 0 Å². The molecule has 0 heterocycles. The minimum atomic E-state index is -5.40. The van der Waals surface area contributed by atoms with E-state index in [1.165, 1.54) is 6.07 Å². The number of rotatable bonds is 7. The van der Waals surface area contributed by atoms with Gasteiger partial charge >= 0.3 is 12.5 Å². The van der Waals surface area contributed by atoms with Crippen molar-refractivity contribution in [2.45, 2.75) is 56.9 Å². The first-order valence-corrected chi connectivity index (χ1v) is 12.3. The zero-order valence-electron chi connectivity index (χ0n) is 20.2. The first-order chi connectivity index (χ1) is 17.9. The fraction of sp³-hybridized carbons (Fsp3) is 0.429. The maximum absolute atomic E-state index is 14.8. The molecule has 206 valence electrons. The SMILES string of the molecule is C=CC1C=CC(C2CCC(c3ccc(C(F)(F)Oc4cc(F)c(OC(F)(F)F)c(F)c4)c(F)c3)CC2)CC1. The molecule has 2 aliphatic rings. The standard InChI is InChI=1S/C28H26F8O2/c1-2-16-3-5-17(6-4-16)18-7-9-19(10-8-18)20-11-12-22(23(29)13-20)27(32,33)37-21-14-24(30)26(25(31)15-21)38-28(34,35)36/h2-3,5,11-19H,1,4,6-10H2. The number of hydrogen-bond donors (Lipinski definition) is 0. The van der Waals surface area contributed by atoms with Gasteiger partial charge < -0.3 is 9.47 Å². The molecule has 0 aliphatic heterocycles. The van der Waals surface area contributed by atoms with Gasteiger partial charge in [-0.2, -0.15) is 8.78 Å². The van der Waals surface area contributed by atoms with Crippen LogP contribution in [0.25, 0.3) is 0 Å². The Hall–Kier alpha value is -3.04. The summed E-state index contributed by atoms with van der Waals surface area (Å²) in [4.78, 5) is 0. The molecule has 0 spiro atoms. The lowest BCUT2D eigenvalue weighted by atomic mass is 9.70. The molecule has 0 radical (unpaired) electrons. The highest BCUT2D eigenvalue weighted by Gasteiger charge is 2.40. The maximum Gasteiger partial charge on any atom is 0.573 e. The summed E-state index contributed by atoms with van der Waals surface area (Å²) in [5.41, 5.74) is -0.604. The quantitative estimate of drug-likeness (QED) is 0.255. The molecule has 0 amide bonds. The molecule has 38 heavy (non-hydrogen) atoms. The van der Waals surface area contributed by atoms with Crippen LogP contribution in [0.15, 0.2) is 55.1 Å². The normalized spacial score (nSPS) is 24.2. The summed E-state index contributed by atoms with van der Waals surface area (Å²) in [6.07, 6.45) is 2.23. The molecule has 10 heteroatoms. The molecule has 2 nitrogen and oxygen atoms in total. The number of allylic oxidation sites excluding steroid dienone is 3. The van der Waals surface area contributed by atoms with Crippen LogP contribution in [0.4, 0.5) is 35.1 Å². The predicted molar refractivity (Wildman–Crippen MR) is 124 cm³/mol. The summed E-state index contributed by atoms with van der Waals surface area (Å²) in [5.74, 6) is -6.63. The zero-order chi connectivity index (χ0) is 27.7. The fourth-order valence-electron chi connectivity index (χ4n) is 5.37. The van der Waals surface area contributed by atoms with Crippen LogP contribution < -0.4 is 9.47 Å². The van der Waals surface area contributed by atoms with Gasteiger partial charge in [0.15, 0.2) is 11.6 Å². The molecule has 1 saturated carbocycles. The van der Waals surface area contributed by atoms with Gasteiger partial charge in [-0.15, -0.1) is 19.8 Å². The number of ether oxygens (including phenoxy) is 2. The second kappa shape index (κ2) is 11.0. The molecule has 0 saturated heterocycles. The molecule has 2 atom stereocenters. The third kappa shape index (κ3) is 6.50. The van der Waals surface area contributed by atoms with E-state index in [1.807, 2.05) is 6.08 Å². The van der Waals surface area contributed by atoms with Gasteiger partial charge in [-0.05, 0) is 79.9 Å². The van der Waals surface area contributed by atoms with Crippen molar-refractivity contribution in [3.05, 3.63) is 83.7 Å². The van der Waals surface area contributed by atoms with Crippen molar-refractivity contribution in [3.63, 3.8) is 0 Å². The van der Waals surface area contributed by atoms with Gasteiger partial charge in [0.05, 0.1) is 5.56 Å². The molecule has 2 unspecified atom stereocenters. The van der Waals surface area contributed by atoms with Crippen molar-refractivity contribution in [3.8, 4) is 11.5 Å². The smallest absolute Gasteiger partial charge is 0.429 e. The van der Waals surface area contributed by atoms with Gasteiger partial charge in [-0.25, -0.2) is 13.2 Å². The van der Waals surface area contributed by atoms with E-state index in [2.05, 4.69) is 28.2 Å². The van der Waals surface area contributed by atoms with Gasteiger partial charge in [0, 0.05) is 12.1 Å². The molecule has 0 aromatic heterocycles. The van der Waals surface area contributed by atoms with Crippen LogP contribution in [0.5, 0.6) is 11.5 Å². The van der Waals surface area contributed by atoms with E-state index in [0.29, 0.717) is 23.3 Å². The summed E-state index contributed by atoms with van der Waals surface area (Å²) in [5, 5.41) is 0. The second-order valence-corrected chi connectivity index (χ2v) is 9.76. The van der Waals surface area contributed by atoms with Crippen LogP contribution in [0, 0.1) is 35.2 Å². The number of halogens is 8. The molecule has 2 aromatic rings. The summed E-state index contributed by atoms with van der Waals surface area (Å²) in [6.45, 7) is 3.83. The van der Waals surface area contributed by atoms with E-state index < -0.39 is 47.0 Å². The van der Waals surface area contributed by atoms with Crippen molar-refractivity contribution < 1.29 is 44.6 Å². The lowest BCUT2D eigenvalue weighted by Crippen LogP contribution is -2.25. The van der Waals surface area contributed by atoms with Crippen molar-refractivity contribution in [2.75, 3.05) is 0 Å². The van der Waals surface area contributed by atoms with E-state index in [9.17, 15) is 35.1 Å². The highest BCUT2D eigenvalue weighted by atomic mass is 19.4. The molecule has 0 N–H and O–H groups in total. The Morgan fingerprint density at radius 2 is 1.42 bits per heavy atom. The van der Waals surface area contributed by atoms with Crippen LogP contribution >= 0.6 is 0 Å². The van der Waals surface area contributed by atoms with E-state index >= 15 is 0 Å². The Kier molecular flexibility index (Phi) is 8.09. The number of benzene rings is 2. The molecule has 0 bridgehead atoms. The summed E-state index contributed by atoms with van der Waals surface area (Å²) in [7, 11) is 0. The lowest BCUT2D eigenvalue weighted by molar-refractivity contribution is -0.276. The van der Waals surface area contributed by atoms with Crippen molar-refractivity contribution in [2.24, 2.45) is 17.8 Å². The highest BCUT2D eigenvalue weighted by Crippen LogP contribution is 2.43. The van der Waals surface area contributed by atoms with Crippen LogP contribution in [0.2, 0.25) is 0 Å². The van der Waals surface area contributed by atoms with Crippen molar-refractivity contribution in [1.82, 2.24) is 0 Å². The molecule has 1 fully saturated rings. The molecule has 2 aliphatic carbocycles. The number of hydrogen-bond acceptors (Lipinski definition) is 2. The first kappa shape index (κ1) is 28.0. The lowest BCUT2D eigenvalue weighted by Gasteiger charge is -2.35.